The SMILES string of the molecule is CCn1c(S[C@@H](C)C(=O)NC2CCCC2)nc2sc3c(c2c1=O)CCCC3. The summed E-state index contributed by atoms with van der Waals surface area (Å²) < 4.78 is 1.74. The molecular weight excluding hydrogens is 378 g/mol. The van der Waals surface area contributed by atoms with Crippen molar-refractivity contribution >= 4 is 39.2 Å². The molecule has 0 saturated heterocycles. The lowest BCUT2D eigenvalue weighted by Gasteiger charge is -2.17. The van der Waals surface area contributed by atoms with E-state index in [2.05, 4.69) is 5.32 Å². The second-order valence-electron chi connectivity index (χ2n) is 7.58. The Morgan fingerprint density at radius 1 is 1.30 bits per heavy atom. The number of fused-ring (bicyclic) bond motifs is 3. The molecule has 2 aliphatic rings. The first-order chi connectivity index (χ1) is 13.1. The molecular formula is C20H27N3O2S2. The van der Waals surface area contributed by atoms with Gasteiger partial charge in [0.25, 0.3) is 5.56 Å². The highest BCUT2D eigenvalue weighted by molar-refractivity contribution is 8.00. The zero-order valence-electron chi connectivity index (χ0n) is 16.0. The number of hydrogen-bond acceptors (Lipinski definition) is 5. The van der Waals surface area contributed by atoms with E-state index in [9.17, 15) is 9.59 Å². The molecule has 27 heavy (non-hydrogen) atoms. The summed E-state index contributed by atoms with van der Waals surface area (Å²) in [6.45, 7) is 4.46. The van der Waals surface area contributed by atoms with Crippen molar-refractivity contribution < 1.29 is 4.79 Å². The van der Waals surface area contributed by atoms with Gasteiger partial charge in [0, 0.05) is 17.5 Å². The summed E-state index contributed by atoms with van der Waals surface area (Å²) in [4.78, 5) is 32.7. The molecule has 2 heterocycles. The Morgan fingerprint density at radius 3 is 2.78 bits per heavy atom. The minimum Gasteiger partial charge on any atom is -0.352 e. The molecule has 0 bridgehead atoms. The molecule has 0 aromatic carbocycles. The molecule has 4 rings (SSSR count). The molecule has 0 aliphatic heterocycles. The van der Waals surface area contributed by atoms with Crippen molar-refractivity contribution in [1.29, 1.82) is 0 Å². The summed E-state index contributed by atoms with van der Waals surface area (Å²) >= 11 is 3.08. The number of nitrogens with one attached hydrogen (secondary N) is 1. The van der Waals surface area contributed by atoms with Gasteiger partial charge in [0.05, 0.1) is 10.6 Å². The normalized spacial score (nSPS) is 18.6. The molecule has 1 atom stereocenters. The third kappa shape index (κ3) is 3.68. The van der Waals surface area contributed by atoms with Gasteiger partial charge in [0.1, 0.15) is 4.83 Å². The van der Waals surface area contributed by atoms with Crippen molar-refractivity contribution in [1.82, 2.24) is 14.9 Å². The smallest absolute Gasteiger partial charge is 0.263 e. The number of aromatic nitrogens is 2. The van der Waals surface area contributed by atoms with E-state index >= 15 is 0 Å². The van der Waals surface area contributed by atoms with E-state index in [0.717, 1.165) is 42.3 Å². The van der Waals surface area contributed by atoms with Gasteiger partial charge in [-0.2, -0.15) is 0 Å². The van der Waals surface area contributed by atoms with Gasteiger partial charge in [-0.05, 0) is 57.9 Å². The Balaban J connectivity index is 1.62. The molecule has 1 fully saturated rings. The number of thioether (sulfide) groups is 1. The van der Waals surface area contributed by atoms with Gasteiger partial charge in [0.15, 0.2) is 5.16 Å². The molecule has 1 amide bonds. The van der Waals surface area contributed by atoms with E-state index in [1.54, 1.807) is 15.9 Å². The summed E-state index contributed by atoms with van der Waals surface area (Å²) in [6.07, 6.45) is 8.95. The van der Waals surface area contributed by atoms with Crippen LogP contribution in [0.3, 0.4) is 0 Å². The number of aryl methyl sites for hydroxylation is 2. The molecule has 5 nitrogen and oxygen atoms in total. The number of amides is 1. The Morgan fingerprint density at radius 2 is 2.04 bits per heavy atom. The fraction of sp³-hybridized carbons (Fsp3) is 0.650. The first kappa shape index (κ1) is 19.0. The van der Waals surface area contributed by atoms with E-state index < -0.39 is 0 Å². The Labute approximate surface area is 167 Å². The summed E-state index contributed by atoms with van der Waals surface area (Å²) in [5, 5.41) is 4.39. The second kappa shape index (κ2) is 7.95. The average Bonchev–Trinajstić information content (AvgIpc) is 3.28. The van der Waals surface area contributed by atoms with Crippen LogP contribution in [0.2, 0.25) is 0 Å². The highest BCUT2D eigenvalue weighted by atomic mass is 32.2. The predicted octanol–water partition coefficient (Wildman–Crippen LogP) is 3.90. The van der Waals surface area contributed by atoms with E-state index in [0.29, 0.717) is 17.7 Å². The highest BCUT2D eigenvalue weighted by Gasteiger charge is 2.25. The van der Waals surface area contributed by atoms with Gasteiger partial charge in [-0.3, -0.25) is 14.2 Å². The lowest BCUT2D eigenvalue weighted by molar-refractivity contribution is -0.120. The van der Waals surface area contributed by atoms with Crippen LogP contribution in [0.4, 0.5) is 0 Å². The van der Waals surface area contributed by atoms with Crippen LogP contribution in [0.5, 0.6) is 0 Å². The minimum atomic E-state index is -0.262. The fourth-order valence-electron chi connectivity index (χ4n) is 4.19. The van der Waals surface area contributed by atoms with Crippen molar-refractivity contribution in [2.75, 3.05) is 0 Å². The van der Waals surface area contributed by atoms with Crippen molar-refractivity contribution in [2.45, 2.75) is 88.2 Å². The summed E-state index contributed by atoms with van der Waals surface area (Å²) in [5.74, 6) is 0.0503. The number of rotatable bonds is 5. The maximum Gasteiger partial charge on any atom is 0.263 e. The average molecular weight is 406 g/mol. The number of carbonyl (C=O) groups is 1. The summed E-state index contributed by atoms with van der Waals surface area (Å²) in [5.41, 5.74) is 1.29. The number of carbonyl (C=O) groups excluding carboxylic acids is 1. The topological polar surface area (TPSA) is 64.0 Å². The van der Waals surface area contributed by atoms with Crippen LogP contribution in [0.25, 0.3) is 10.2 Å². The Hall–Kier alpha value is -1.34. The molecule has 0 radical (unpaired) electrons. The van der Waals surface area contributed by atoms with Gasteiger partial charge >= 0.3 is 0 Å². The standard InChI is InChI=1S/C20H27N3O2S2/c1-3-23-19(25)16-14-10-6-7-11-15(14)27-18(16)22-20(23)26-12(2)17(24)21-13-8-4-5-9-13/h12-13H,3-11H2,1-2H3,(H,21,24)/t12-/m0/s1. The van der Waals surface area contributed by atoms with Gasteiger partial charge in [-0.1, -0.05) is 24.6 Å². The fourth-order valence-corrected chi connectivity index (χ4v) is 6.47. The molecule has 2 aliphatic carbocycles. The lowest BCUT2D eigenvalue weighted by Crippen LogP contribution is -2.38. The van der Waals surface area contributed by atoms with Crippen LogP contribution < -0.4 is 10.9 Å². The van der Waals surface area contributed by atoms with E-state index in [1.807, 2.05) is 13.8 Å². The van der Waals surface area contributed by atoms with Crippen molar-refractivity contribution in [3.05, 3.63) is 20.8 Å². The highest BCUT2D eigenvalue weighted by Crippen LogP contribution is 2.35. The third-order valence-electron chi connectivity index (χ3n) is 5.71. The number of hydrogen-bond donors (Lipinski definition) is 1. The maximum atomic E-state index is 13.2. The molecule has 1 saturated carbocycles. The molecule has 0 unspecified atom stereocenters. The van der Waals surface area contributed by atoms with Crippen LogP contribution in [0, 0.1) is 0 Å². The molecule has 1 N–H and O–H groups in total. The first-order valence-corrected chi connectivity index (χ1v) is 11.8. The summed E-state index contributed by atoms with van der Waals surface area (Å²) in [6, 6.07) is 0.313. The lowest BCUT2D eigenvalue weighted by atomic mass is 9.97. The van der Waals surface area contributed by atoms with E-state index in [1.165, 1.54) is 41.5 Å². The van der Waals surface area contributed by atoms with Gasteiger partial charge in [-0.15, -0.1) is 11.3 Å². The zero-order valence-corrected chi connectivity index (χ0v) is 17.7. The third-order valence-corrected chi connectivity index (χ3v) is 7.98. The predicted molar refractivity (Wildman–Crippen MR) is 112 cm³/mol. The van der Waals surface area contributed by atoms with Gasteiger partial charge < -0.3 is 5.32 Å². The van der Waals surface area contributed by atoms with Crippen LogP contribution in [-0.4, -0.2) is 26.8 Å². The first-order valence-electron chi connectivity index (χ1n) is 10.1. The molecule has 2 aromatic rings. The molecule has 2 aromatic heterocycles. The van der Waals surface area contributed by atoms with Crippen LogP contribution in [-0.2, 0) is 24.2 Å². The number of thiophene rings is 1. The minimum absolute atomic E-state index is 0.0503. The van der Waals surface area contributed by atoms with Crippen molar-refractivity contribution in [2.24, 2.45) is 0 Å². The number of nitrogens with zero attached hydrogens (tertiary/aromatic N) is 2. The summed E-state index contributed by atoms with van der Waals surface area (Å²) in [7, 11) is 0. The van der Waals surface area contributed by atoms with Gasteiger partial charge in [-0.25, -0.2) is 4.98 Å². The molecule has 7 heteroatoms. The van der Waals surface area contributed by atoms with Crippen molar-refractivity contribution in [3.63, 3.8) is 0 Å². The maximum absolute atomic E-state index is 13.2. The van der Waals surface area contributed by atoms with E-state index in [4.69, 9.17) is 4.98 Å². The molecule has 0 spiro atoms. The second-order valence-corrected chi connectivity index (χ2v) is 9.98. The van der Waals surface area contributed by atoms with Crippen LogP contribution in [0.15, 0.2) is 9.95 Å². The van der Waals surface area contributed by atoms with E-state index in [-0.39, 0.29) is 16.7 Å². The zero-order chi connectivity index (χ0) is 19.0. The van der Waals surface area contributed by atoms with Crippen molar-refractivity contribution in [3.8, 4) is 0 Å². The quantitative estimate of drug-likeness (QED) is 0.605. The molecule has 146 valence electrons. The van der Waals surface area contributed by atoms with Gasteiger partial charge in [0.2, 0.25) is 5.91 Å². The monoisotopic (exact) mass is 405 g/mol. The van der Waals surface area contributed by atoms with Crippen LogP contribution >= 0.6 is 23.1 Å². The largest absolute Gasteiger partial charge is 0.352 e. The Kier molecular flexibility index (Phi) is 5.60. The Bertz CT molecular complexity index is 912. The van der Waals surface area contributed by atoms with Crippen LogP contribution in [0.1, 0.15) is 62.8 Å².